The number of aryl methyl sites for hydroxylation is 1. The number of aromatic hydroxyl groups is 1. The Hall–Kier alpha value is -2.60. The molecule has 19 heavy (non-hydrogen) atoms. The summed E-state index contributed by atoms with van der Waals surface area (Å²) >= 11 is 0. The van der Waals surface area contributed by atoms with Crippen molar-refractivity contribution in [3.63, 3.8) is 0 Å². The van der Waals surface area contributed by atoms with Crippen LogP contribution in [0.2, 0.25) is 0 Å². The van der Waals surface area contributed by atoms with Crippen molar-refractivity contribution in [3.8, 4) is 11.8 Å². The van der Waals surface area contributed by atoms with E-state index in [0.29, 0.717) is 12.0 Å². The molecule has 2 aromatic rings. The summed E-state index contributed by atoms with van der Waals surface area (Å²) in [5.41, 5.74) is 3.53. The summed E-state index contributed by atoms with van der Waals surface area (Å²) in [7, 11) is 0. The van der Waals surface area contributed by atoms with Gasteiger partial charge in [0, 0.05) is 11.8 Å². The van der Waals surface area contributed by atoms with E-state index in [4.69, 9.17) is 5.26 Å². The quantitative estimate of drug-likeness (QED) is 0.847. The highest BCUT2D eigenvalue weighted by Crippen LogP contribution is 2.18. The molecule has 0 amide bonds. The molecule has 1 N–H and O–H groups in total. The number of hydrogen-bond acceptors (Lipinski definition) is 3. The van der Waals surface area contributed by atoms with E-state index < -0.39 is 0 Å². The number of hydrogen-bond donors (Lipinski definition) is 1. The number of rotatable bonds is 3. The first-order valence-corrected chi connectivity index (χ1v) is 5.98. The zero-order valence-corrected chi connectivity index (χ0v) is 10.7. The first-order chi connectivity index (χ1) is 9.19. The zero-order chi connectivity index (χ0) is 13.7. The fourth-order valence-corrected chi connectivity index (χ4v) is 1.71. The lowest BCUT2D eigenvalue weighted by atomic mass is 10.1. The Labute approximate surface area is 112 Å². The third kappa shape index (κ3) is 3.43. The molecule has 3 nitrogen and oxygen atoms in total. The minimum absolute atomic E-state index is 0.218. The Kier molecular flexibility index (Phi) is 3.94. The Morgan fingerprint density at radius 2 is 1.95 bits per heavy atom. The second-order valence-corrected chi connectivity index (χ2v) is 4.32. The fraction of sp³-hybridized carbons (Fsp3) is 0.125. The summed E-state index contributed by atoms with van der Waals surface area (Å²) in [5, 5.41) is 18.3. The van der Waals surface area contributed by atoms with Gasteiger partial charge in [0.1, 0.15) is 5.75 Å². The summed E-state index contributed by atoms with van der Waals surface area (Å²) < 4.78 is 0. The van der Waals surface area contributed by atoms with Crippen LogP contribution in [0.15, 0.2) is 47.5 Å². The molecule has 0 aliphatic carbocycles. The van der Waals surface area contributed by atoms with Crippen molar-refractivity contribution >= 4 is 11.9 Å². The number of phenolic OH excluding ortho intramolecular Hbond substituents is 1. The van der Waals surface area contributed by atoms with Crippen LogP contribution in [0.5, 0.6) is 5.75 Å². The van der Waals surface area contributed by atoms with E-state index in [2.05, 4.69) is 11.1 Å². The molecule has 3 heteroatoms. The Bertz CT molecular complexity index is 637. The maximum atomic E-state index is 9.70. The van der Waals surface area contributed by atoms with Gasteiger partial charge in [0.15, 0.2) is 0 Å². The van der Waals surface area contributed by atoms with Gasteiger partial charge in [-0.2, -0.15) is 5.26 Å². The third-order valence-electron chi connectivity index (χ3n) is 2.76. The maximum absolute atomic E-state index is 9.70. The summed E-state index contributed by atoms with van der Waals surface area (Å²) in [6, 6.07) is 15.0. The average molecular weight is 250 g/mol. The van der Waals surface area contributed by atoms with Crippen LogP contribution >= 0.6 is 0 Å². The number of nitriles is 1. The number of aliphatic imine (C=N–C) groups is 1. The summed E-state index contributed by atoms with van der Waals surface area (Å²) in [6.45, 7) is 1.97. The van der Waals surface area contributed by atoms with E-state index >= 15 is 0 Å². The SMILES string of the molecule is Cc1ccc(O)c(/C=N/c2ccc(CC#N)cc2)c1. The van der Waals surface area contributed by atoms with Crippen molar-refractivity contribution in [1.29, 1.82) is 5.26 Å². The van der Waals surface area contributed by atoms with E-state index in [9.17, 15) is 5.11 Å². The van der Waals surface area contributed by atoms with Gasteiger partial charge in [-0.25, -0.2) is 0 Å². The highest BCUT2D eigenvalue weighted by molar-refractivity contribution is 5.85. The molecule has 0 saturated carbocycles. The lowest BCUT2D eigenvalue weighted by Crippen LogP contribution is -1.84. The predicted octanol–water partition coefficient (Wildman–Crippen LogP) is 3.52. The maximum Gasteiger partial charge on any atom is 0.124 e. The Morgan fingerprint density at radius 3 is 2.63 bits per heavy atom. The van der Waals surface area contributed by atoms with Gasteiger partial charge in [0.05, 0.1) is 18.2 Å². The van der Waals surface area contributed by atoms with Gasteiger partial charge in [-0.1, -0.05) is 23.8 Å². The monoisotopic (exact) mass is 250 g/mol. The van der Waals surface area contributed by atoms with Crippen molar-refractivity contribution < 1.29 is 5.11 Å². The average Bonchev–Trinajstić information content (AvgIpc) is 2.42. The van der Waals surface area contributed by atoms with Crippen LogP contribution in [0.4, 0.5) is 5.69 Å². The minimum atomic E-state index is 0.218. The molecule has 0 atom stereocenters. The summed E-state index contributed by atoms with van der Waals surface area (Å²) in [6.07, 6.45) is 2.05. The van der Waals surface area contributed by atoms with Crippen LogP contribution in [0.25, 0.3) is 0 Å². The molecular weight excluding hydrogens is 236 g/mol. The van der Waals surface area contributed by atoms with Crippen LogP contribution < -0.4 is 0 Å². The van der Waals surface area contributed by atoms with Crippen molar-refractivity contribution in [2.45, 2.75) is 13.3 Å². The van der Waals surface area contributed by atoms with Gasteiger partial charge in [0.2, 0.25) is 0 Å². The van der Waals surface area contributed by atoms with Crippen LogP contribution in [-0.4, -0.2) is 11.3 Å². The number of benzene rings is 2. The highest BCUT2D eigenvalue weighted by Gasteiger charge is 1.98. The first kappa shape index (κ1) is 12.8. The fourth-order valence-electron chi connectivity index (χ4n) is 1.71. The zero-order valence-electron chi connectivity index (χ0n) is 10.7. The van der Waals surface area contributed by atoms with Crippen molar-refractivity contribution in [2.24, 2.45) is 4.99 Å². The molecule has 0 saturated heterocycles. The molecule has 2 aromatic carbocycles. The summed E-state index contributed by atoms with van der Waals surface area (Å²) in [5.74, 6) is 0.218. The van der Waals surface area contributed by atoms with Gasteiger partial charge in [-0.15, -0.1) is 0 Å². The summed E-state index contributed by atoms with van der Waals surface area (Å²) in [4.78, 5) is 4.31. The minimum Gasteiger partial charge on any atom is -0.507 e. The van der Waals surface area contributed by atoms with Gasteiger partial charge >= 0.3 is 0 Å². The Balaban J connectivity index is 2.18. The van der Waals surface area contributed by atoms with E-state index in [-0.39, 0.29) is 5.75 Å². The second-order valence-electron chi connectivity index (χ2n) is 4.32. The second kappa shape index (κ2) is 5.83. The molecule has 0 aliphatic heterocycles. The van der Waals surface area contributed by atoms with Crippen LogP contribution in [0.1, 0.15) is 16.7 Å². The number of phenols is 1. The normalized spacial score (nSPS) is 10.5. The lowest BCUT2D eigenvalue weighted by molar-refractivity contribution is 0.474. The van der Waals surface area contributed by atoms with Crippen LogP contribution in [0.3, 0.4) is 0 Å². The molecule has 0 bridgehead atoms. The van der Waals surface area contributed by atoms with E-state index in [1.54, 1.807) is 12.3 Å². The largest absolute Gasteiger partial charge is 0.507 e. The van der Waals surface area contributed by atoms with Crippen molar-refractivity contribution in [2.75, 3.05) is 0 Å². The molecular formula is C16H14N2O. The molecule has 2 rings (SSSR count). The van der Waals surface area contributed by atoms with E-state index in [1.165, 1.54) is 0 Å². The predicted molar refractivity (Wildman–Crippen MR) is 75.9 cm³/mol. The van der Waals surface area contributed by atoms with Gasteiger partial charge in [-0.05, 0) is 36.8 Å². The molecule has 0 unspecified atom stereocenters. The number of nitrogens with zero attached hydrogens (tertiary/aromatic N) is 2. The molecule has 94 valence electrons. The highest BCUT2D eigenvalue weighted by atomic mass is 16.3. The van der Waals surface area contributed by atoms with Crippen LogP contribution in [0, 0.1) is 18.3 Å². The van der Waals surface area contributed by atoms with Crippen LogP contribution in [-0.2, 0) is 6.42 Å². The van der Waals surface area contributed by atoms with Crippen molar-refractivity contribution in [1.82, 2.24) is 0 Å². The van der Waals surface area contributed by atoms with Gasteiger partial charge < -0.3 is 5.11 Å². The smallest absolute Gasteiger partial charge is 0.124 e. The molecule has 0 spiro atoms. The van der Waals surface area contributed by atoms with E-state index in [1.807, 2.05) is 43.3 Å². The molecule has 0 heterocycles. The third-order valence-corrected chi connectivity index (χ3v) is 2.76. The molecule has 0 fully saturated rings. The standard InChI is InChI=1S/C16H14N2O/c1-12-2-7-16(19)14(10-12)11-18-15-5-3-13(4-6-15)8-9-17/h2-7,10-11,19H,8H2,1H3/b18-11+. The first-order valence-electron chi connectivity index (χ1n) is 5.98. The van der Waals surface area contributed by atoms with Crippen molar-refractivity contribution in [3.05, 3.63) is 59.2 Å². The van der Waals surface area contributed by atoms with Gasteiger partial charge in [-0.3, -0.25) is 4.99 Å². The molecule has 0 aromatic heterocycles. The van der Waals surface area contributed by atoms with Gasteiger partial charge in [0.25, 0.3) is 0 Å². The molecule has 0 aliphatic rings. The lowest BCUT2D eigenvalue weighted by Gasteiger charge is -2.00. The van der Waals surface area contributed by atoms with E-state index in [0.717, 1.165) is 16.8 Å². The Morgan fingerprint density at radius 1 is 1.21 bits per heavy atom. The molecule has 0 radical (unpaired) electrons. The topological polar surface area (TPSA) is 56.4 Å².